The van der Waals surface area contributed by atoms with Crippen LogP contribution < -0.4 is 0 Å². The number of ketones is 1. The molecule has 1 heterocycles. The van der Waals surface area contributed by atoms with Gasteiger partial charge in [0.1, 0.15) is 6.29 Å². The average Bonchev–Trinajstić information content (AvgIpc) is 2.73. The summed E-state index contributed by atoms with van der Waals surface area (Å²) in [6.45, 7) is 3.81. The van der Waals surface area contributed by atoms with Crippen molar-refractivity contribution in [1.29, 1.82) is 0 Å². The second-order valence-corrected chi connectivity index (χ2v) is 6.79. The van der Waals surface area contributed by atoms with Crippen molar-refractivity contribution in [3.63, 3.8) is 0 Å². The predicted molar refractivity (Wildman–Crippen MR) is 110 cm³/mol. The van der Waals surface area contributed by atoms with E-state index in [1.54, 1.807) is 18.2 Å². The lowest BCUT2D eigenvalue weighted by Gasteiger charge is -2.31. The van der Waals surface area contributed by atoms with E-state index in [1.165, 1.54) is 11.1 Å². The summed E-state index contributed by atoms with van der Waals surface area (Å²) in [5, 5.41) is 10.8. The molecule has 1 saturated heterocycles. The third-order valence-electron chi connectivity index (χ3n) is 4.70. The number of nitrogens with zero attached hydrogens (tertiary/aromatic N) is 2. The van der Waals surface area contributed by atoms with E-state index in [1.807, 2.05) is 48.5 Å². The quantitative estimate of drug-likeness (QED) is 0.456. The molecule has 5 nitrogen and oxygen atoms in total. The van der Waals surface area contributed by atoms with E-state index in [0.717, 1.165) is 42.6 Å². The van der Waals surface area contributed by atoms with Gasteiger partial charge in [-0.1, -0.05) is 54.6 Å². The fraction of sp³-hybridized carbons (Fsp3) is 0.217. The fourth-order valence-corrected chi connectivity index (χ4v) is 3.11. The number of hydrogen-bond acceptors (Lipinski definition) is 5. The third-order valence-corrected chi connectivity index (χ3v) is 4.70. The lowest BCUT2D eigenvalue weighted by Crippen LogP contribution is -2.44. The molecule has 2 aromatic rings. The highest BCUT2D eigenvalue weighted by Gasteiger charge is 2.15. The van der Waals surface area contributed by atoms with Crippen LogP contribution in [0.4, 0.5) is 0 Å². The molecule has 0 atom stereocenters. The summed E-state index contributed by atoms with van der Waals surface area (Å²) in [4.78, 5) is 25.1. The molecule has 1 fully saturated rings. The van der Waals surface area contributed by atoms with Crippen LogP contribution >= 0.6 is 0 Å². The predicted octanol–water partition coefficient (Wildman–Crippen LogP) is 3.30. The lowest BCUT2D eigenvalue weighted by atomic mass is 10.1. The molecule has 1 aliphatic heterocycles. The molecule has 5 heteroatoms. The van der Waals surface area contributed by atoms with Gasteiger partial charge >= 0.3 is 0 Å². The summed E-state index contributed by atoms with van der Waals surface area (Å²) in [7, 11) is 0. The number of aldehydes is 1. The van der Waals surface area contributed by atoms with Gasteiger partial charge in [0, 0.05) is 38.3 Å². The van der Waals surface area contributed by atoms with Gasteiger partial charge in [0.25, 0.3) is 0 Å². The normalized spacial score (nSPS) is 16.0. The first-order chi connectivity index (χ1) is 13.6. The first kappa shape index (κ1) is 19.9. The van der Waals surface area contributed by atoms with Crippen molar-refractivity contribution in [3.05, 3.63) is 82.9 Å². The van der Waals surface area contributed by atoms with Gasteiger partial charge in [-0.3, -0.25) is 14.5 Å². The molecule has 0 bridgehead atoms. The molecule has 2 aromatic carbocycles. The Kier molecular flexibility index (Phi) is 7.03. The number of benzene rings is 2. The van der Waals surface area contributed by atoms with Gasteiger partial charge in [-0.15, -0.1) is 0 Å². The SMILES string of the molecule is O=C/C=C/c1cccc(/C=C/C(=O)c2ccc(CN3CCN(O)CC3)cc2)c1. The topological polar surface area (TPSA) is 60.9 Å². The first-order valence-electron chi connectivity index (χ1n) is 9.33. The van der Waals surface area contributed by atoms with Crippen molar-refractivity contribution in [2.75, 3.05) is 26.2 Å². The number of piperazine rings is 1. The smallest absolute Gasteiger partial charge is 0.185 e. The Balaban J connectivity index is 1.59. The van der Waals surface area contributed by atoms with Gasteiger partial charge in [-0.2, -0.15) is 5.06 Å². The van der Waals surface area contributed by atoms with Crippen LogP contribution in [0.1, 0.15) is 27.0 Å². The van der Waals surface area contributed by atoms with Gasteiger partial charge in [0.2, 0.25) is 0 Å². The Morgan fingerprint density at radius 2 is 1.64 bits per heavy atom. The van der Waals surface area contributed by atoms with Crippen LogP contribution in [0, 0.1) is 0 Å². The van der Waals surface area contributed by atoms with E-state index in [-0.39, 0.29) is 5.78 Å². The van der Waals surface area contributed by atoms with Gasteiger partial charge in [-0.25, -0.2) is 0 Å². The molecule has 0 unspecified atom stereocenters. The number of allylic oxidation sites excluding steroid dienone is 2. The molecule has 144 valence electrons. The molecule has 0 amide bonds. The average molecular weight is 376 g/mol. The molecule has 3 rings (SSSR count). The van der Waals surface area contributed by atoms with E-state index < -0.39 is 0 Å². The molecule has 0 aliphatic carbocycles. The van der Waals surface area contributed by atoms with E-state index >= 15 is 0 Å². The number of carbonyl (C=O) groups is 2. The van der Waals surface area contributed by atoms with Crippen LogP contribution in [0.5, 0.6) is 0 Å². The summed E-state index contributed by atoms with van der Waals surface area (Å²) in [5.74, 6) is -0.0470. The van der Waals surface area contributed by atoms with Crippen molar-refractivity contribution < 1.29 is 14.8 Å². The molecular weight excluding hydrogens is 352 g/mol. The van der Waals surface area contributed by atoms with E-state index in [2.05, 4.69) is 4.90 Å². The monoisotopic (exact) mass is 376 g/mol. The highest BCUT2D eigenvalue weighted by atomic mass is 16.5. The summed E-state index contributed by atoms with van der Waals surface area (Å²) in [5.41, 5.74) is 3.62. The summed E-state index contributed by atoms with van der Waals surface area (Å²) >= 11 is 0. The van der Waals surface area contributed by atoms with Crippen LogP contribution in [-0.4, -0.2) is 53.4 Å². The standard InChI is InChI=1S/C23H24N2O3/c26-16-2-5-19-3-1-4-20(17-19)8-11-23(27)22-9-6-21(7-10-22)18-24-12-14-25(28)15-13-24/h1-11,16-17,28H,12-15,18H2/b5-2+,11-8+. The fourth-order valence-electron chi connectivity index (χ4n) is 3.11. The first-order valence-corrected chi connectivity index (χ1v) is 9.33. The van der Waals surface area contributed by atoms with Gasteiger partial charge in [0.05, 0.1) is 0 Å². The van der Waals surface area contributed by atoms with E-state index in [9.17, 15) is 14.8 Å². The zero-order chi connectivity index (χ0) is 19.8. The van der Waals surface area contributed by atoms with Crippen LogP contribution in [0.15, 0.2) is 60.7 Å². The Labute approximate surface area is 165 Å². The van der Waals surface area contributed by atoms with Crippen molar-refractivity contribution in [1.82, 2.24) is 9.96 Å². The molecule has 0 aromatic heterocycles. The zero-order valence-electron chi connectivity index (χ0n) is 15.7. The molecule has 1 aliphatic rings. The minimum Gasteiger partial charge on any atom is -0.314 e. The zero-order valence-corrected chi connectivity index (χ0v) is 15.7. The van der Waals surface area contributed by atoms with Crippen molar-refractivity contribution >= 4 is 24.2 Å². The lowest BCUT2D eigenvalue weighted by molar-refractivity contribution is -0.118. The Hall–Kier alpha value is -2.86. The minimum absolute atomic E-state index is 0.0470. The maximum absolute atomic E-state index is 12.4. The summed E-state index contributed by atoms with van der Waals surface area (Å²) in [6.07, 6.45) is 7.26. The van der Waals surface area contributed by atoms with Gasteiger partial charge in [-0.05, 0) is 34.9 Å². The second kappa shape index (κ2) is 9.90. The summed E-state index contributed by atoms with van der Waals surface area (Å²) in [6, 6.07) is 15.3. The second-order valence-electron chi connectivity index (χ2n) is 6.79. The number of hydrogen-bond donors (Lipinski definition) is 1. The molecule has 0 radical (unpaired) electrons. The third kappa shape index (κ3) is 5.82. The van der Waals surface area contributed by atoms with Crippen molar-refractivity contribution in [2.24, 2.45) is 0 Å². The minimum atomic E-state index is -0.0470. The number of carbonyl (C=O) groups excluding carboxylic acids is 2. The van der Waals surface area contributed by atoms with E-state index in [4.69, 9.17) is 0 Å². The molecule has 28 heavy (non-hydrogen) atoms. The van der Waals surface area contributed by atoms with Crippen LogP contribution in [0.2, 0.25) is 0 Å². The number of rotatable bonds is 7. The summed E-state index contributed by atoms with van der Waals surface area (Å²) < 4.78 is 0. The highest BCUT2D eigenvalue weighted by molar-refractivity contribution is 6.06. The Morgan fingerprint density at radius 1 is 0.964 bits per heavy atom. The van der Waals surface area contributed by atoms with Crippen LogP contribution in [0.25, 0.3) is 12.2 Å². The molecule has 1 N–H and O–H groups in total. The largest absolute Gasteiger partial charge is 0.314 e. The van der Waals surface area contributed by atoms with Crippen LogP contribution in [0.3, 0.4) is 0 Å². The Morgan fingerprint density at radius 3 is 2.32 bits per heavy atom. The highest BCUT2D eigenvalue weighted by Crippen LogP contribution is 2.12. The van der Waals surface area contributed by atoms with Crippen molar-refractivity contribution in [3.8, 4) is 0 Å². The Bertz CT molecular complexity index is 864. The van der Waals surface area contributed by atoms with E-state index in [0.29, 0.717) is 18.7 Å². The maximum atomic E-state index is 12.4. The van der Waals surface area contributed by atoms with Gasteiger partial charge < -0.3 is 5.21 Å². The molecule has 0 spiro atoms. The van der Waals surface area contributed by atoms with Crippen LogP contribution in [-0.2, 0) is 11.3 Å². The number of hydroxylamine groups is 2. The molecule has 0 saturated carbocycles. The molecular formula is C23H24N2O3. The van der Waals surface area contributed by atoms with Gasteiger partial charge in [0.15, 0.2) is 5.78 Å². The van der Waals surface area contributed by atoms with Crippen molar-refractivity contribution in [2.45, 2.75) is 6.54 Å². The maximum Gasteiger partial charge on any atom is 0.185 e.